The smallest absolute Gasteiger partial charge is 0.431 e. The summed E-state index contributed by atoms with van der Waals surface area (Å²) in [4.78, 5) is 16.6. The molecule has 0 saturated carbocycles. The molecule has 4 nitrogen and oxygen atoms in total. The SMILES string of the molecule is C=C=CC[C@@H](CCC)ONC(=O)OC(C)(C)C. The van der Waals surface area contributed by atoms with Crippen molar-refractivity contribution in [2.75, 3.05) is 0 Å². The lowest BCUT2D eigenvalue weighted by Crippen LogP contribution is -2.35. The molecule has 0 fully saturated rings. The molecule has 0 radical (unpaired) electrons. The Bertz CT molecular complexity index is 275. The number of carbonyl (C=O) groups excluding carboxylic acids is 1. The molecule has 0 heterocycles. The van der Waals surface area contributed by atoms with Crippen molar-refractivity contribution in [2.24, 2.45) is 0 Å². The van der Waals surface area contributed by atoms with Gasteiger partial charge in [-0.3, -0.25) is 4.84 Å². The average Bonchev–Trinajstić information content (AvgIpc) is 2.19. The number of hydrogen-bond donors (Lipinski definition) is 1. The Labute approximate surface area is 104 Å². The fourth-order valence-electron chi connectivity index (χ4n) is 1.19. The zero-order chi connectivity index (χ0) is 13.3. The van der Waals surface area contributed by atoms with E-state index >= 15 is 0 Å². The van der Waals surface area contributed by atoms with Gasteiger partial charge in [-0.1, -0.05) is 19.9 Å². The first-order chi connectivity index (χ1) is 7.89. The Kier molecular flexibility index (Phi) is 7.35. The first-order valence-electron chi connectivity index (χ1n) is 5.88. The normalized spacial score (nSPS) is 12.5. The number of nitrogens with one attached hydrogen (secondary N) is 1. The molecule has 1 atom stereocenters. The molecule has 0 spiro atoms. The average molecular weight is 241 g/mol. The first kappa shape index (κ1) is 15.8. The minimum Gasteiger partial charge on any atom is -0.442 e. The van der Waals surface area contributed by atoms with E-state index in [1.54, 1.807) is 26.8 Å². The van der Waals surface area contributed by atoms with Gasteiger partial charge in [0, 0.05) is 6.42 Å². The van der Waals surface area contributed by atoms with Gasteiger partial charge in [-0.15, -0.1) is 5.73 Å². The Morgan fingerprint density at radius 1 is 1.53 bits per heavy atom. The highest BCUT2D eigenvalue weighted by atomic mass is 16.7. The van der Waals surface area contributed by atoms with Crippen LogP contribution in [-0.2, 0) is 9.57 Å². The highest BCUT2D eigenvalue weighted by molar-refractivity contribution is 5.66. The fourth-order valence-corrected chi connectivity index (χ4v) is 1.19. The number of amides is 1. The van der Waals surface area contributed by atoms with E-state index in [1.807, 2.05) is 0 Å². The molecule has 98 valence electrons. The third-order valence-corrected chi connectivity index (χ3v) is 1.84. The van der Waals surface area contributed by atoms with E-state index in [2.05, 4.69) is 24.7 Å². The van der Waals surface area contributed by atoms with Gasteiger partial charge in [-0.05, 0) is 33.3 Å². The summed E-state index contributed by atoms with van der Waals surface area (Å²) in [5.74, 6) is 0. The molecule has 0 aliphatic carbocycles. The minimum absolute atomic E-state index is 0.0678. The van der Waals surface area contributed by atoms with Gasteiger partial charge in [0.2, 0.25) is 0 Å². The van der Waals surface area contributed by atoms with Gasteiger partial charge in [0.1, 0.15) is 5.60 Å². The molecule has 0 aromatic heterocycles. The minimum atomic E-state index is -0.568. The second-order valence-corrected chi connectivity index (χ2v) is 4.78. The largest absolute Gasteiger partial charge is 0.442 e. The van der Waals surface area contributed by atoms with Crippen LogP contribution in [0.15, 0.2) is 18.4 Å². The standard InChI is InChI=1S/C13H23NO3/c1-6-8-10-11(9-7-2)17-14-12(15)16-13(3,4)5/h8,11H,1,7,9-10H2,2-5H3,(H,14,15)/t11-/m1/s1. The van der Waals surface area contributed by atoms with Crippen LogP contribution < -0.4 is 5.48 Å². The second kappa shape index (κ2) is 7.93. The quantitative estimate of drug-likeness (QED) is 0.573. The van der Waals surface area contributed by atoms with Crippen molar-refractivity contribution in [1.82, 2.24) is 5.48 Å². The number of ether oxygens (including phenoxy) is 1. The lowest BCUT2D eigenvalue weighted by molar-refractivity contribution is -0.0438. The van der Waals surface area contributed by atoms with Crippen LogP contribution >= 0.6 is 0 Å². The van der Waals surface area contributed by atoms with Crippen LogP contribution in [0.5, 0.6) is 0 Å². The molecular formula is C13H23NO3. The summed E-state index contributed by atoms with van der Waals surface area (Å²) in [5.41, 5.74) is 4.47. The van der Waals surface area contributed by atoms with E-state index in [9.17, 15) is 4.79 Å². The van der Waals surface area contributed by atoms with Crippen LogP contribution in [0.3, 0.4) is 0 Å². The summed E-state index contributed by atoms with van der Waals surface area (Å²) in [5, 5.41) is 0. The van der Waals surface area contributed by atoms with E-state index in [1.165, 1.54) is 0 Å². The molecular weight excluding hydrogens is 218 g/mol. The topological polar surface area (TPSA) is 47.6 Å². The molecule has 0 aliphatic rings. The zero-order valence-corrected chi connectivity index (χ0v) is 11.2. The van der Waals surface area contributed by atoms with Gasteiger partial charge in [-0.25, -0.2) is 4.79 Å². The van der Waals surface area contributed by atoms with Gasteiger partial charge in [0.25, 0.3) is 0 Å². The van der Waals surface area contributed by atoms with Gasteiger partial charge >= 0.3 is 6.09 Å². The first-order valence-corrected chi connectivity index (χ1v) is 5.88. The van der Waals surface area contributed by atoms with E-state index < -0.39 is 11.7 Å². The van der Waals surface area contributed by atoms with Crippen molar-refractivity contribution >= 4 is 6.09 Å². The monoisotopic (exact) mass is 241 g/mol. The highest BCUT2D eigenvalue weighted by Gasteiger charge is 2.17. The van der Waals surface area contributed by atoms with Crippen molar-refractivity contribution in [2.45, 2.75) is 58.7 Å². The predicted molar refractivity (Wildman–Crippen MR) is 67.5 cm³/mol. The van der Waals surface area contributed by atoms with Gasteiger partial charge in [-0.2, -0.15) is 5.48 Å². The molecule has 0 rings (SSSR count). The molecule has 17 heavy (non-hydrogen) atoms. The lowest BCUT2D eigenvalue weighted by atomic mass is 10.1. The summed E-state index contributed by atoms with van der Waals surface area (Å²) in [6, 6.07) is 0. The summed E-state index contributed by atoms with van der Waals surface area (Å²) < 4.78 is 5.06. The number of hydrogen-bond acceptors (Lipinski definition) is 3. The second-order valence-electron chi connectivity index (χ2n) is 4.78. The van der Waals surface area contributed by atoms with E-state index in [0.29, 0.717) is 6.42 Å². The van der Waals surface area contributed by atoms with Crippen LogP contribution in [0.2, 0.25) is 0 Å². The Balaban J connectivity index is 4.02. The molecule has 0 aromatic rings. The summed E-state index contributed by atoms with van der Waals surface area (Å²) in [6.07, 6.45) is 3.66. The number of rotatable bonds is 6. The fraction of sp³-hybridized carbons (Fsp3) is 0.692. The maximum absolute atomic E-state index is 11.3. The highest BCUT2D eigenvalue weighted by Crippen LogP contribution is 2.08. The molecule has 0 aromatic carbocycles. The van der Waals surface area contributed by atoms with Gasteiger partial charge < -0.3 is 4.74 Å². The van der Waals surface area contributed by atoms with Crippen molar-refractivity contribution < 1.29 is 14.4 Å². The third kappa shape index (κ3) is 9.67. The Morgan fingerprint density at radius 3 is 2.65 bits per heavy atom. The Morgan fingerprint density at radius 2 is 2.18 bits per heavy atom. The maximum atomic E-state index is 11.3. The molecule has 1 amide bonds. The summed E-state index contributed by atoms with van der Waals surface area (Å²) in [6.45, 7) is 11.0. The van der Waals surface area contributed by atoms with Crippen LogP contribution in [0.25, 0.3) is 0 Å². The molecule has 0 saturated heterocycles. The van der Waals surface area contributed by atoms with E-state index in [4.69, 9.17) is 9.57 Å². The molecule has 1 N–H and O–H groups in total. The van der Waals surface area contributed by atoms with Crippen LogP contribution in [0, 0.1) is 0 Å². The molecule has 4 heteroatoms. The van der Waals surface area contributed by atoms with Crippen molar-refractivity contribution in [3.63, 3.8) is 0 Å². The predicted octanol–water partition coefficient (Wildman–Crippen LogP) is 3.34. The summed E-state index contributed by atoms with van der Waals surface area (Å²) in [7, 11) is 0. The number of hydroxylamine groups is 1. The third-order valence-electron chi connectivity index (χ3n) is 1.84. The van der Waals surface area contributed by atoms with Crippen LogP contribution in [0.1, 0.15) is 47.0 Å². The van der Waals surface area contributed by atoms with Crippen molar-refractivity contribution in [3.05, 3.63) is 18.4 Å². The molecule has 0 unspecified atom stereocenters. The van der Waals surface area contributed by atoms with Crippen molar-refractivity contribution in [3.8, 4) is 0 Å². The Hall–Kier alpha value is -1.25. The van der Waals surface area contributed by atoms with Crippen molar-refractivity contribution in [1.29, 1.82) is 0 Å². The van der Waals surface area contributed by atoms with Crippen LogP contribution in [-0.4, -0.2) is 17.8 Å². The van der Waals surface area contributed by atoms with Gasteiger partial charge in [0.15, 0.2) is 0 Å². The van der Waals surface area contributed by atoms with Crippen LogP contribution in [0.4, 0.5) is 4.79 Å². The maximum Gasteiger partial charge on any atom is 0.431 e. The van der Waals surface area contributed by atoms with E-state index in [0.717, 1.165) is 12.8 Å². The lowest BCUT2D eigenvalue weighted by Gasteiger charge is -2.21. The summed E-state index contributed by atoms with van der Waals surface area (Å²) >= 11 is 0. The molecule has 0 bridgehead atoms. The zero-order valence-electron chi connectivity index (χ0n) is 11.2. The number of carbonyl (C=O) groups is 1. The molecule has 0 aliphatic heterocycles. The van der Waals surface area contributed by atoms with E-state index in [-0.39, 0.29) is 6.10 Å². The van der Waals surface area contributed by atoms with Gasteiger partial charge in [0.05, 0.1) is 6.10 Å².